The van der Waals surface area contributed by atoms with Gasteiger partial charge < -0.3 is 0 Å². The second-order valence-corrected chi connectivity index (χ2v) is 17.3. The lowest BCUT2D eigenvalue weighted by Crippen LogP contribution is -2.64. The molecule has 2 saturated carbocycles. The Morgan fingerprint density at radius 3 is 2.32 bits per heavy atom. The molecule has 0 bridgehead atoms. The quantitative estimate of drug-likeness (QED) is 0.289. The molecule has 0 heterocycles. The van der Waals surface area contributed by atoms with E-state index in [1.54, 1.807) is 12.4 Å². The normalized spacial score (nSPS) is 40.9. The number of hydrogen-bond donors (Lipinski definition) is 0. The van der Waals surface area contributed by atoms with E-state index in [4.69, 9.17) is 0 Å². The van der Waals surface area contributed by atoms with Gasteiger partial charge in [-0.05, 0) is 72.7 Å². The summed E-state index contributed by atoms with van der Waals surface area (Å²) in [5.41, 5.74) is -0.844. The van der Waals surface area contributed by atoms with Crippen molar-refractivity contribution in [3.8, 4) is 12.3 Å². The third-order valence-corrected chi connectivity index (χ3v) is 14.0. The fourth-order valence-corrected chi connectivity index (χ4v) is 12.1. The van der Waals surface area contributed by atoms with E-state index in [2.05, 4.69) is 45.1 Å². The highest BCUT2D eigenvalue weighted by Crippen LogP contribution is 2.73. The number of nitriles is 2. The summed E-state index contributed by atoms with van der Waals surface area (Å²) >= 11 is 0. The van der Waals surface area contributed by atoms with E-state index in [-0.39, 0.29) is 51.1 Å². The number of hydrogen-bond acceptors (Lipinski definition) is 6. The zero-order chi connectivity index (χ0) is 30.6. The van der Waals surface area contributed by atoms with Gasteiger partial charge in [0.15, 0.2) is 11.6 Å². The number of carbonyl (C=O) groups excluding carboxylic acids is 2. The predicted octanol–water partition coefficient (Wildman–Crippen LogP) is 7.57. The van der Waals surface area contributed by atoms with Crippen LogP contribution < -0.4 is 0 Å². The van der Waals surface area contributed by atoms with Gasteiger partial charge in [0.05, 0.1) is 15.3 Å². The Balaban J connectivity index is 1.93. The number of rotatable bonds is 7. The third kappa shape index (κ3) is 4.57. The number of Topliss-reactive ketones (excluding diaryl/α,β-unsaturated/α-hetero) is 1. The zero-order valence-corrected chi connectivity index (χ0v) is 27.2. The number of nitrogens with zero attached hydrogens (tertiary/aromatic N) is 3. The van der Waals surface area contributed by atoms with Crippen molar-refractivity contribution >= 4 is 21.3 Å². The van der Waals surface area contributed by atoms with Gasteiger partial charge in [-0.1, -0.05) is 79.4 Å². The van der Waals surface area contributed by atoms with E-state index in [0.29, 0.717) is 5.75 Å². The minimum atomic E-state index is -2.72. The van der Waals surface area contributed by atoms with Crippen LogP contribution in [0.2, 0.25) is 0 Å². The van der Waals surface area contributed by atoms with Crippen molar-refractivity contribution in [3.05, 3.63) is 23.3 Å². The highest BCUT2D eigenvalue weighted by molar-refractivity contribution is 7.93. The van der Waals surface area contributed by atoms with Crippen LogP contribution in [-0.4, -0.2) is 27.8 Å². The molecule has 0 amide bonds. The molecule has 4 aliphatic carbocycles. The Bertz CT molecular complexity index is 1400. The molecule has 0 radical (unpaired) electrons. The van der Waals surface area contributed by atoms with Gasteiger partial charge in [-0.15, -0.1) is 4.36 Å². The average molecular weight is 580 g/mol. The second kappa shape index (κ2) is 10.5. The largest absolute Gasteiger partial charge is 0.295 e. The van der Waals surface area contributed by atoms with E-state index >= 15 is 0 Å². The summed E-state index contributed by atoms with van der Waals surface area (Å²) in [6.07, 6.45) is 15.3. The van der Waals surface area contributed by atoms with Crippen molar-refractivity contribution in [1.29, 1.82) is 10.5 Å². The van der Waals surface area contributed by atoms with Crippen LogP contribution in [0.3, 0.4) is 0 Å². The molecule has 2 fully saturated rings. The van der Waals surface area contributed by atoms with Crippen LogP contribution >= 0.6 is 0 Å². The Morgan fingerprint density at radius 1 is 1.05 bits per heavy atom. The maximum atomic E-state index is 14.6. The molecule has 7 heteroatoms. The van der Waals surface area contributed by atoms with Gasteiger partial charge in [0.2, 0.25) is 6.19 Å². The molecular weight excluding hydrogens is 530 g/mol. The molecule has 4 rings (SSSR count). The van der Waals surface area contributed by atoms with Gasteiger partial charge in [0.25, 0.3) is 0 Å². The molecule has 0 aromatic heterocycles. The van der Waals surface area contributed by atoms with Gasteiger partial charge in [-0.3, -0.25) is 9.59 Å². The Kier molecular flexibility index (Phi) is 8.10. The lowest BCUT2D eigenvalue weighted by atomic mass is 9.35. The second-order valence-electron chi connectivity index (χ2n) is 14.9. The molecule has 0 saturated heterocycles. The molecule has 1 unspecified atom stereocenters. The summed E-state index contributed by atoms with van der Waals surface area (Å²) in [7, 11) is -2.72. The lowest BCUT2D eigenvalue weighted by molar-refractivity contribution is -0.158. The number of fused-ring (bicyclic) bond motifs is 5. The van der Waals surface area contributed by atoms with Crippen molar-refractivity contribution in [3.63, 3.8) is 0 Å². The first-order chi connectivity index (χ1) is 19.0. The number of unbranched alkanes of at least 4 members (excludes halogenated alkanes) is 1. The van der Waals surface area contributed by atoms with Crippen LogP contribution in [-0.2, 0) is 19.3 Å². The molecule has 0 aliphatic heterocycles. The molecule has 8 atom stereocenters. The van der Waals surface area contributed by atoms with Gasteiger partial charge in [-0.25, -0.2) is 4.21 Å². The summed E-state index contributed by atoms with van der Waals surface area (Å²) in [5.74, 6) is 0.262. The fourth-order valence-electron chi connectivity index (χ4n) is 10.3. The van der Waals surface area contributed by atoms with E-state index in [9.17, 15) is 24.3 Å². The minimum Gasteiger partial charge on any atom is -0.295 e. The Hall–Kier alpha value is -2.25. The van der Waals surface area contributed by atoms with E-state index in [1.165, 1.54) is 0 Å². The summed E-state index contributed by atoms with van der Waals surface area (Å²) in [6.45, 7) is 15.1. The number of allylic oxidation sites excluding steroid dienone is 4. The van der Waals surface area contributed by atoms with Crippen LogP contribution in [0.25, 0.3) is 0 Å². The molecule has 6 nitrogen and oxygen atoms in total. The van der Waals surface area contributed by atoms with Crippen molar-refractivity contribution in [2.24, 2.45) is 49.2 Å². The van der Waals surface area contributed by atoms with E-state index in [0.717, 1.165) is 63.4 Å². The maximum absolute atomic E-state index is 14.6. The highest BCUT2D eigenvalue weighted by Gasteiger charge is 2.68. The van der Waals surface area contributed by atoms with Gasteiger partial charge in [-0.2, -0.15) is 10.5 Å². The lowest BCUT2D eigenvalue weighted by Gasteiger charge is -2.68. The monoisotopic (exact) mass is 579 g/mol. The third-order valence-electron chi connectivity index (χ3n) is 12.4. The molecule has 0 N–H and O–H groups in total. The molecule has 224 valence electrons. The molecular formula is C34H49N3O3S. The molecule has 0 aromatic carbocycles. The SMILES string of the molecule is CCCC[C@]1(CS(C)(=O)=NC#N)CC[C@]2(C)[C@H](C(=O)C=C3[C@@]4(C)C=C(C#N)C(=O)C(C)(C)[C@@H]4CC[C@]32C)[C@@H]1CCC. The smallest absolute Gasteiger partial charge is 0.214 e. The van der Waals surface area contributed by atoms with Gasteiger partial charge >= 0.3 is 0 Å². The van der Waals surface area contributed by atoms with Crippen molar-refractivity contribution in [2.45, 2.75) is 106 Å². The van der Waals surface area contributed by atoms with Crippen molar-refractivity contribution < 1.29 is 13.8 Å². The maximum Gasteiger partial charge on any atom is 0.214 e. The highest BCUT2D eigenvalue weighted by atomic mass is 32.2. The standard InChI is InChI=1S/C34H49N3O3S/c1-9-11-14-34(21-41(8,40)37-22-36)17-16-33(7)28(24(34)12-10-2)25(38)18-27-31(5)19-23(20-35)29(39)30(3,4)26(31)13-15-32(27,33)6/h18-19,24,26,28H,9-17,21H2,1-8H3/t24-,26-,28-,31-,32+,33+,34+,41?/m0/s1. The molecule has 0 spiro atoms. The molecule has 4 aliphatic rings. The first kappa shape index (κ1) is 31.7. The summed E-state index contributed by atoms with van der Waals surface area (Å²) < 4.78 is 17.5. The Labute approximate surface area is 248 Å². The molecule has 41 heavy (non-hydrogen) atoms. The summed E-state index contributed by atoms with van der Waals surface area (Å²) in [6, 6.07) is 2.18. The summed E-state index contributed by atoms with van der Waals surface area (Å²) in [4.78, 5) is 27.9. The van der Waals surface area contributed by atoms with Crippen LogP contribution in [0.1, 0.15) is 106 Å². The predicted molar refractivity (Wildman–Crippen MR) is 163 cm³/mol. The fraction of sp³-hybridized carbons (Fsp3) is 0.765. The first-order valence-corrected chi connectivity index (χ1v) is 17.6. The first-order valence-electron chi connectivity index (χ1n) is 15.6. The number of ketones is 2. The van der Waals surface area contributed by atoms with Crippen LogP contribution in [0.4, 0.5) is 0 Å². The van der Waals surface area contributed by atoms with Crippen LogP contribution in [0.15, 0.2) is 27.7 Å². The summed E-state index contributed by atoms with van der Waals surface area (Å²) in [5, 5.41) is 19.2. The van der Waals surface area contributed by atoms with Crippen LogP contribution in [0.5, 0.6) is 0 Å². The Morgan fingerprint density at radius 2 is 1.73 bits per heavy atom. The van der Waals surface area contributed by atoms with E-state index in [1.807, 2.05) is 26.0 Å². The molecule has 0 aromatic rings. The number of carbonyl (C=O) groups is 2. The van der Waals surface area contributed by atoms with Crippen molar-refractivity contribution in [1.82, 2.24) is 0 Å². The topological polar surface area (TPSA) is 111 Å². The van der Waals surface area contributed by atoms with Crippen LogP contribution in [0, 0.1) is 67.6 Å². The van der Waals surface area contributed by atoms with Gasteiger partial charge in [0, 0.05) is 28.8 Å². The average Bonchev–Trinajstić information content (AvgIpc) is 2.88. The minimum absolute atomic E-state index is 0.0166. The zero-order valence-electron chi connectivity index (χ0n) is 26.4. The van der Waals surface area contributed by atoms with E-state index < -0.39 is 20.6 Å². The van der Waals surface area contributed by atoms with Crippen molar-refractivity contribution in [2.75, 3.05) is 12.0 Å². The van der Waals surface area contributed by atoms with Gasteiger partial charge in [0.1, 0.15) is 6.07 Å².